The maximum absolute atomic E-state index is 12.4. The Labute approximate surface area is 138 Å². The Morgan fingerprint density at radius 1 is 0.958 bits per heavy atom. The molecule has 0 saturated carbocycles. The van der Waals surface area contributed by atoms with E-state index in [2.05, 4.69) is 10.1 Å². The van der Waals surface area contributed by atoms with Crippen LogP contribution in [0.25, 0.3) is 0 Å². The summed E-state index contributed by atoms with van der Waals surface area (Å²) in [5.41, 5.74) is 0.803. The van der Waals surface area contributed by atoms with Crippen LogP contribution < -0.4 is 5.32 Å². The molecule has 2 rings (SSSR count). The Kier molecular flexibility index (Phi) is 5.03. The lowest BCUT2D eigenvalue weighted by molar-refractivity contribution is 0.0587. The van der Waals surface area contributed by atoms with Gasteiger partial charge in [-0.05, 0) is 38.1 Å². The topological polar surface area (TPSA) is 94.8 Å². The van der Waals surface area contributed by atoms with Gasteiger partial charge in [0.1, 0.15) is 11.5 Å². The highest BCUT2D eigenvalue weighted by molar-refractivity contribution is 6.09. The number of hydrogen-bond donors (Lipinski definition) is 1. The van der Waals surface area contributed by atoms with Crippen LogP contribution in [0.3, 0.4) is 0 Å². The number of ether oxygens (including phenoxy) is 2. The van der Waals surface area contributed by atoms with E-state index in [0.717, 1.165) is 0 Å². The van der Waals surface area contributed by atoms with Crippen LogP contribution in [0.5, 0.6) is 0 Å². The summed E-state index contributed by atoms with van der Waals surface area (Å²) in [6, 6.07) is 5.76. The van der Waals surface area contributed by atoms with Gasteiger partial charge in [-0.25, -0.2) is 9.59 Å². The number of methoxy groups -OCH3 is 2. The minimum absolute atomic E-state index is 0.122. The average Bonchev–Trinajstić information content (AvgIpc) is 2.91. The Morgan fingerprint density at radius 2 is 1.62 bits per heavy atom. The van der Waals surface area contributed by atoms with Crippen LogP contribution >= 0.6 is 0 Å². The first-order chi connectivity index (χ1) is 11.4. The molecule has 1 heterocycles. The normalized spacial score (nSPS) is 10.2. The van der Waals surface area contributed by atoms with Gasteiger partial charge < -0.3 is 19.2 Å². The van der Waals surface area contributed by atoms with E-state index in [1.165, 1.54) is 32.4 Å². The maximum atomic E-state index is 12.4. The van der Waals surface area contributed by atoms with Crippen LogP contribution in [0.2, 0.25) is 0 Å². The molecule has 0 aliphatic carbocycles. The Hall–Kier alpha value is -3.09. The fraction of sp³-hybridized carbons (Fsp3) is 0.235. The third-order valence-electron chi connectivity index (χ3n) is 3.38. The van der Waals surface area contributed by atoms with E-state index < -0.39 is 17.8 Å². The third kappa shape index (κ3) is 3.45. The van der Waals surface area contributed by atoms with E-state index in [0.29, 0.717) is 17.1 Å². The van der Waals surface area contributed by atoms with Gasteiger partial charge in [0.2, 0.25) is 0 Å². The minimum atomic E-state index is -0.637. The van der Waals surface area contributed by atoms with Gasteiger partial charge in [-0.2, -0.15) is 0 Å². The molecule has 126 valence electrons. The smallest absolute Gasteiger partial charge is 0.339 e. The summed E-state index contributed by atoms with van der Waals surface area (Å²) in [4.78, 5) is 36.0. The molecule has 2 aromatic rings. The standard InChI is InChI=1S/C17H17NO6/c1-9-7-13(10(2)24-9)15(19)18-14-8-11(16(20)22-3)5-6-12(14)17(21)23-4/h5-8H,1-4H3,(H,18,19). The van der Waals surface area contributed by atoms with Crippen molar-refractivity contribution >= 4 is 23.5 Å². The fourth-order valence-corrected chi connectivity index (χ4v) is 2.23. The van der Waals surface area contributed by atoms with Gasteiger partial charge in [-0.15, -0.1) is 0 Å². The van der Waals surface area contributed by atoms with Crippen LogP contribution in [-0.2, 0) is 9.47 Å². The molecule has 1 aromatic heterocycles. The van der Waals surface area contributed by atoms with E-state index in [9.17, 15) is 14.4 Å². The SMILES string of the molecule is COC(=O)c1ccc(C(=O)OC)c(NC(=O)c2cc(C)oc2C)c1. The zero-order valence-electron chi connectivity index (χ0n) is 13.8. The quantitative estimate of drug-likeness (QED) is 0.866. The second-order valence-electron chi connectivity index (χ2n) is 5.02. The summed E-state index contributed by atoms with van der Waals surface area (Å²) in [7, 11) is 2.47. The van der Waals surface area contributed by atoms with Gasteiger partial charge in [-0.3, -0.25) is 4.79 Å². The number of carbonyl (C=O) groups excluding carboxylic acids is 3. The molecule has 1 aromatic carbocycles. The number of aryl methyl sites for hydroxylation is 2. The van der Waals surface area contributed by atoms with Gasteiger partial charge in [0.25, 0.3) is 5.91 Å². The highest BCUT2D eigenvalue weighted by atomic mass is 16.5. The van der Waals surface area contributed by atoms with Crippen LogP contribution in [0, 0.1) is 13.8 Å². The molecular formula is C17H17NO6. The van der Waals surface area contributed by atoms with Crippen molar-refractivity contribution in [3.8, 4) is 0 Å². The largest absolute Gasteiger partial charge is 0.466 e. The molecule has 1 amide bonds. The van der Waals surface area contributed by atoms with Crippen LogP contribution in [-0.4, -0.2) is 32.1 Å². The van der Waals surface area contributed by atoms with E-state index >= 15 is 0 Å². The molecule has 0 radical (unpaired) electrons. The highest BCUT2D eigenvalue weighted by Crippen LogP contribution is 2.22. The summed E-state index contributed by atoms with van der Waals surface area (Å²) in [5, 5.41) is 2.61. The number of nitrogens with one attached hydrogen (secondary N) is 1. The zero-order chi connectivity index (χ0) is 17.9. The Bertz CT molecular complexity index is 805. The van der Waals surface area contributed by atoms with Crippen molar-refractivity contribution in [1.29, 1.82) is 0 Å². The molecule has 24 heavy (non-hydrogen) atoms. The molecule has 0 atom stereocenters. The number of amides is 1. The molecule has 0 spiro atoms. The van der Waals surface area contributed by atoms with Gasteiger partial charge in [-0.1, -0.05) is 0 Å². The Morgan fingerprint density at radius 3 is 2.17 bits per heavy atom. The molecule has 0 aliphatic rings. The number of hydrogen-bond acceptors (Lipinski definition) is 6. The lowest BCUT2D eigenvalue weighted by Gasteiger charge is -2.11. The van der Waals surface area contributed by atoms with Gasteiger partial charge in [0, 0.05) is 0 Å². The van der Waals surface area contributed by atoms with Crippen LogP contribution in [0.1, 0.15) is 42.6 Å². The zero-order valence-corrected chi connectivity index (χ0v) is 13.8. The van der Waals surface area contributed by atoms with Crippen molar-refractivity contribution in [2.24, 2.45) is 0 Å². The summed E-state index contributed by atoms with van der Waals surface area (Å²) in [5.74, 6) is -0.640. The molecular weight excluding hydrogens is 314 g/mol. The second kappa shape index (κ2) is 6.99. The third-order valence-corrected chi connectivity index (χ3v) is 3.38. The predicted molar refractivity (Wildman–Crippen MR) is 85.3 cm³/mol. The lowest BCUT2D eigenvalue weighted by Crippen LogP contribution is -2.16. The van der Waals surface area contributed by atoms with Crippen molar-refractivity contribution in [2.75, 3.05) is 19.5 Å². The first-order valence-corrected chi connectivity index (χ1v) is 7.06. The summed E-state index contributed by atoms with van der Waals surface area (Å²) < 4.78 is 14.7. The van der Waals surface area contributed by atoms with E-state index in [4.69, 9.17) is 9.15 Å². The molecule has 0 saturated heterocycles. The molecule has 1 N–H and O–H groups in total. The number of furan rings is 1. The first-order valence-electron chi connectivity index (χ1n) is 7.06. The van der Waals surface area contributed by atoms with Gasteiger partial charge in [0.05, 0.1) is 36.6 Å². The van der Waals surface area contributed by atoms with E-state index in [1.54, 1.807) is 19.9 Å². The highest BCUT2D eigenvalue weighted by Gasteiger charge is 2.20. The van der Waals surface area contributed by atoms with Crippen LogP contribution in [0.4, 0.5) is 5.69 Å². The minimum Gasteiger partial charge on any atom is -0.466 e. The number of rotatable bonds is 4. The summed E-state index contributed by atoms with van der Waals surface area (Å²) in [6.45, 7) is 3.38. The molecule has 7 heteroatoms. The van der Waals surface area contributed by atoms with E-state index in [1.807, 2.05) is 0 Å². The summed E-state index contributed by atoms with van der Waals surface area (Å²) in [6.07, 6.45) is 0. The summed E-state index contributed by atoms with van der Waals surface area (Å²) >= 11 is 0. The number of esters is 2. The molecule has 0 aliphatic heterocycles. The van der Waals surface area contributed by atoms with Crippen molar-refractivity contribution in [2.45, 2.75) is 13.8 Å². The second-order valence-corrected chi connectivity index (χ2v) is 5.02. The first kappa shape index (κ1) is 17.3. The number of anilines is 1. The van der Waals surface area contributed by atoms with Crippen molar-refractivity contribution in [3.05, 3.63) is 52.5 Å². The van der Waals surface area contributed by atoms with Crippen molar-refractivity contribution in [3.63, 3.8) is 0 Å². The predicted octanol–water partition coefficient (Wildman–Crippen LogP) is 2.72. The van der Waals surface area contributed by atoms with Crippen molar-refractivity contribution in [1.82, 2.24) is 0 Å². The molecule has 7 nitrogen and oxygen atoms in total. The van der Waals surface area contributed by atoms with Gasteiger partial charge >= 0.3 is 11.9 Å². The van der Waals surface area contributed by atoms with Crippen LogP contribution in [0.15, 0.2) is 28.7 Å². The monoisotopic (exact) mass is 331 g/mol. The number of carbonyl (C=O) groups is 3. The maximum Gasteiger partial charge on any atom is 0.339 e. The lowest BCUT2D eigenvalue weighted by atomic mass is 10.1. The van der Waals surface area contributed by atoms with E-state index in [-0.39, 0.29) is 16.8 Å². The van der Waals surface area contributed by atoms with Crippen molar-refractivity contribution < 1.29 is 28.3 Å². The Balaban J connectivity index is 2.42. The number of benzene rings is 1. The van der Waals surface area contributed by atoms with Gasteiger partial charge in [0.15, 0.2) is 0 Å². The molecule has 0 fully saturated rings. The molecule has 0 unspecified atom stereocenters. The molecule has 0 bridgehead atoms. The average molecular weight is 331 g/mol. The fourth-order valence-electron chi connectivity index (χ4n) is 2.23.